The first kappa shape index (κ1) is 14.9. The third kappa shape index (κ3) is 4.23. The van der Waals surface area contributed by atoms with Crippen LogP contribution in [0.15, 0.2) is 11.8 Å². The second-order valence-corrected chi connectivity index (χ2v) is 8.46. The maximum atomic E-state index is 11.5. The van der Waals surface area contributed by atoms with Crippen molar-refractivity contribution in [2.24, 2.45) is 5.41 Å². The predicted octanol–water partition coefficient (Wildman–Crippen LogP) is 3.46. The lowest BCUT2D eigenvalue weighted by atomic mass is 9.80. The van der Waals surface area contributed by atoms with E-state index in [-0.39, 0.29) is 5.41 Å². The maximum absolute atomic E-state index is 11.5. The average Bonchev–Trinajstić information content (AvgIpc) is 2.42. The van der Waals surface area contributed by atoms with Crippen molar-refractivity contribution in [2.45, 2.75) is 58.3 Å². The molecular weight excluding hydrogens is 260 g/mol. The van der Waals surface area contributed by atoms with Gasteiger partial charge in [0.2, 0.25) is 0 Å². The van der Waals surface area contributed by atoms with Gasteiger partial charge in [-0.15, -0.1) is 0 Å². The minimum Gasteiger partial charge on any atom is -0.501 e. The Morgan fingerprint density at radius 1 is 1.16 bits per heavy atom. The lowest BCUT2D eigenvalue weighted by Gasteiger charge is -2.35. The van der Waals surface area contributed by atoms with Crippen LogP contribution in [0.1, 0.15) is 58.3 Å². The molecule has 0 bridgehead atoms. The first-order valence-corrected chi connectivity index (χ1v) is 9.37. The molecule has 0 spiro atoms. The zero-order valence-electron chi connectivity index (χ0n) is 12.0. The highest BCUT2D eigenvalue weighted by Gasteiger charge is 2.36. The van der Waals surface area contributed by atoms with E-state index in [1.807, 2.05) is 6.26 Å². The fourth-order valence-corrected chi connectivity index (χ4v) is 4.72. The summed E-state index contributed by atoms with van der Waals surface area (Å²) in [5.41, 5.74) is 1.51. The van der Waals surface area contributed by atoms with Crippen LogP contribution in [0, 0.1) is 5.41 Å². The summed E-state index contributed by atoms with van der Waals surface area (Å²) in [4.78, 5) is 0. The molecule has 1 saturated carbocycles. The van der Waals surface area contributed by atoms with E-state index in [9.17, 15) is 8.42 Å². The Hall–Kier alpha value is -0.510. The van der Waals surface area contributed by atoms with E-state index in [0.29, 0.717) is 18.1 Å². The van der Waals surface area contributed by atoms with Gasteiger partial charge in [0, 0.05) is 5.41 Å². The molecule has 2 fully saturated rings. The van der Waals surface area contributed by atoms with Crippen LogP contribution in [0.25, 0.3) is 0 Å². The largest absolute Gasteiger partial charge is 0.501 e. The average molecular weight is 286 g/mol. The van der Waals surface area contributed by atoms with Gasteiger partial charge in [-0.2, -0.15) is 0 Å². The zero-order valence-corrected chi connectivity index (χ0v) is 12.8. The molecule has 0 amide bonds. The van der Waals surface area contributed by atoms with Crippen molar-refractivity contribution in [1.82, 2.24) is 0 Å². The molecule has 0 N–H and O–H groups in total. The van der Waals surface area contributed by atoms with Crippen LogP contribution >= 0.6 is 0 Å². The molecule has 1 aliphatic carbocycles. The summed E-state index contributed by atoms with van der Waals surface area (Å²) >= 11 is 0. The van der Waals surface area contributed by atoms with E-state index in [2.05, 4.69) is 6.92 Å². The molecule has 3 nitrogen and oxygen atoms in total. The van der Waals surface area contributed by atoms with Crippen molar-refractivity contribution in [2.75, 3.05) is 18.1 Å². The van der Waals surface area contributed by atoms with E-state index in [1.54, 1.807) is 0 Å². The Bertz CT molecular complexity index is 401. The van der Waals surface area contributed by atoms with Crippen LogP contribution in [0.2, 0.25) is 0 Å². The Morgan fingerprint density at radius 2 is 1.79 bits per heavy atom. The number of hydrogen-bond acceptors (Lipinski definition) is 3. The quantitative estimate of drug-likeness (QED) is 0.743. The predicted molar refractivity (Wildman–Crippen MR) is 77.7 cm³/mol. The molecule has 1 heterocycles. The topological polar surface area (TPSA) is 43.4 Å². The Balaban J connectivity index is 1.85. The molecule has 1 saturated heterocycles. The number of allylic oxidation sites excluding steroid dienone is 1. The van der Waals surface area contributed by atoms with Gasteiger partial charge in [0.1, 0.15) is 9.84 Å². The lowest BCUT2D eigenvalue weighted by molar-refractivity contribution is 0.0909. The summed E-state index contributed by atoms with van der Waals surface area (Å²) in [7, 11) is -2.78. The van der Waals surface area contributed by atoms with Crippen LogP contribution in [0.3, 0.4) is 0 Å². The molecule has 0 unspecified atom stereocenters. The highest BCUT2D eigenvalue weighted by atomic mass is 32.2. The van der Waals surface area contributed by atoms with Gasteiger partial charge < -0.3 is 4.74 Å². The van der Waals surface area contributed by atoms with Crippen molar-refractivity contribution in [3.05, 3.63) is 11.8 Å². The number of rotatable bonds is 4. The lowest BCUT2D eigenvalue weighted by Crippen LogP contribution is -2.36. The van der Waals surface area contributed by atoms with E-state index in [0.717, 1.165) is 19.3 Å². The van der Waals surface area contributed by atoms with Gasteiger partial charge in [0.15, 0.2) is 0 Å². The minimum atomic E-state index is -2.78. The molecule has 0 aromatic heterocycles. The minimum absolute atomic E-state index is 0.0804. The SMILES string of the molecule is CCC1(COC=C2CCCCC2)CCS(=O)(=O)CC1. The van der Waals surface area contributed by atoms with E-state index < -0.39 is 9.84 Å². The van der Waals surface area contributed by atoms with Crippen LogP contribution < -0.4 is 0 Å². The molecule has 4 heteroatoms. The smallest absolute Gasteiger partial charge is 0.150 e. The van der Waals surface area contributed by atoms with Gasteiger partial charge in [-0.1, -0.05) is 13.3 Å². The van der Waals surface area contributed by atoms with Gasteiger partial charge >= 0.3 is 0 Å². The summed E-state index contributed by atoms with van der Waals surface area (Å²) in [5.74, 6) is 0.668. The van der Waals surface area contributed by atoms with Crippen molar-refractivity contribution < 1.29 is 13.2 Å². The highest BCUT2D eigenvalue weighted by Crippen LogP contribution is 2.36. The third-order valence-electron chi connectivity index (χ3n) is 4.77. The highest BCUT2D eigenvalue weighted by molar-refractivity contribution is 7.91. The van der Waals surface area contributed by atoms with Gasteiger partial charge in [0.05, 0.1) is 24.4 Å². The van der Waals surface area contributed by atoms with Crippen molar-refractivity contribution >= 4 is 9.84 Å². The van der Waals surface area contributed by atoms with Gasteiger partial charge in [-0.05, 0) is 50.5 Å². The number of hydrogen-bond donors (Lipinski definition) is 0. The van der Waals surface area contributed by atoms with Gasteiger partial charge in [-0.25, -0.2) is 8.42 Å². The summed E-state index contributed by atoms with van der Waals surface area (Å²) in [5, 5.41) is 0. The van der Waals surface area contributed by atoms with E-state index >= 15 is 0 Å². The molecule has 0 aromatic carbocycles. The summed E-state index contributed by atoms with van der Waals surface area (Å²) in [6, 6.07) is 0. The van der Waals surface area contributed by atoms with Crippen molar-refractivity contribution in [3.63, 3.8) is 0 Å². The summed E-state index contributed by atoms with van der Waals surface area (Å²) in [6.07, 6.45) is 10.7. The molecule has 1 aliphatic heterocycles. The monoisotopic (exact) mass is 286 g/mol. The van der Waals surface area contributed by atoms with E-state index in [1.165, 1.54) is 37.7 Å². The fourth-order valence-electron chi connectivity index (χ4n) is 3.03. The van der Waals surface area contributed by atoms with Crippen LogP contribution in [0.5, 0.6) is 0 Å². The number of sulfone groups is 1. The molecule has 2 aliphatic rings. The van der Waals surface area contributed by atoms with E-state index in [4.69, 9.17) is 4.74 Å². The second-order valence-electron chi connectivity index (χ2n) is 6.15. The molecular formula is C15H26O3S. The molecule has 19 heavy (non-hydrogen) atoms. The molecule has 0 atom stereocenters. The summed E-state index contributed by atoms with van der Waals surface area (Å²) in [6.45, 7) is 2.83. The van der Waals surface area contributed by atoms with Crippen LogP contribution in [0.4, 0.5) is 0 Å². The second kappa shape index (κ2) is 6.29. The van der Waals surface area contributed by atoms with Crippen molar-refractivity contribution in [3.8, 4) is 0 Å². The normalized spacial score (nSPS) is 25.8. The molecule has 2 rings (SSSR count). The standard InChI is InChI=1S/C15H26O3S/c1-2-15(8-10-19(16,17)11-9-15)13-18-12-14-6-4-3-5-7-14/h12H,2-11,13H2,1H3. The molecule has 0 radical (unpaired) electrons. The van der Waals surface area contributed by atoms with Gasteiger partial charge in [-0.3, -0.25) is 0 Å². The maximum Gasteiger partial charge on any atom is 0.150 e. The Morgan fingerprint density at radius 3 is 2.37 bits per heavy atom. The molecule has 110 valence electrons. The zero-order chi connectivity index (χ0) is 13.8. The van der Waals surface area contributed by atoms with Crippen LogP contribution in [-0.2, 0) is 14.6 Å². The summed E-state index contributed by atoms with van der Waals surface area (Å²) < 4.78 is 28.9. The van der Waals surface area contributed by atoms with Crippen molar-refractivity contribution in [1.29, 1.82) is 0 Å². The number of ether oxygens (including phenoxy) is 1. The fraction of sp³-hybridized carbons (Fsp3) is 0.867. The first-order chi connectivity index (χ1) is 9.05. The Kier molecular flexibility index (Phi) is 4.93. The first-order valence-electron chi connectivity index (χ1n) is 7.55. The third-order valence-corrected chi connectivity index (χ3v) is 6.42. The van der Waals surface area contributed by atoms with Crippen LogP contribution in [-0.4, -0.2) is 26.5 Å². The molecule has 0 aromatic rings. The Labute approximate surface area is 117 Å². The van der Waals surface area contributed by atoms with Gasteiger partial charge in [0.25, 0.3) is 0 Å².